The maximum Gasteiger partial charge on any atom is 0.260 e. The van der Waals surface area contributed by atoms with E-state index in [1.807, 2.05) is 6.92 Å². The van der Waals surface area contributed by atoms with Gasteiger partial charge in [-0.25, -0.2) is 13.4 Å². The smallest absolute Gasteiger partial charge is 0.260 e. The highest BCUT2D eigenvalue weighted by molar-refractivity contribution is 7.89. The van der Waals surface area contributed by atoms with Crippen molar-refractivity contribution in [2.24, 2.45) is 11.7 Å². The minimum Gasteiger partial charge on any atom is -0.332 e. The molecule has 0 bridgehead atoms. The molecule has 1 unspecified atom stereocenters. The van der Waals surface area contributed by atoms with Crippen molar-refractivity contribution < 1.29 is 8.42 Å². The maximum absolute atomic E-state index is 12.4. The minimum atomic E-state index is -3.51. The van der Waals surface area contributed by atoms with Crippen LogP contribution in [0.3, 0.4) is 0 Å². The summed E-state index contributed by atoms with van der Waals surface area (Å²) >= 11 is 0. The van der Waals surface area contributed by atoms with Crippen molar-refractivity contribution >= 4 is 10.0 Å². The lowest BCUT2D eigenvalue weighted by atomic mass is 10.2. The van der Waals surface area contributed by atoms with Gasteiger partial charge in [0.2, 0.25) is 0 Å². The second-order valence-corrected chi connectivity index (χ2v) is 6.68. The average molecular weight is 272 g/mol. The van der Waals surface area contributed by atoms with Crippen LogP contribution in [0.25, 0.3) is 0 Å². The van der Waals surface area contributed by atoms with Crippen LogP contribution in [0, 0.1) is 5.92 Å². The van der Waals surface area contributed by atoms with E-state index in [9.17, 15) is 8.42 Å². The first-order chi connectivity index (χ1) is 8.50. The van der Waals surface area contributed by atoms with Gasteiger partial charge in [-0.3, -0.25) is 0 Å². The molecule has 1 heterocycles. The van der Waals surface area contributed by atoms with Crippen LogP contribution in [0.1, 0.15) is 25.6 Å². The molecule has 1 aliphatic carbocycles. The molecule has 1 aliphatic rings. The fourth-order valence-electron chi connectivity index (χ4n) is 2.11. The normalized spacial score (nSPS) is 18.2. The van der Waals surface area contributed by atoms with Crippen LogP contribution in [0.4, 0.5) is 0 Å². The predicted molar refractivity (Wildman–Crippen MR) is 68.5 cm³/mol. The molecule has 18 heavy (non-hydrogen) atoms. The number of likely N-dealkylation sites (N-methyl/N-ethyl adjacent to an activating group) is 1. The fraction of sp³-hybridized carbons (Fsp3) is 0.727. The molecule has 0 amide bonds. The van der Waals surface area contributed by atoms with E-state index < -0.39 is 10.0 Å². The minimum absolute atomic E-state index is 0.108. The Labute approximate surface area is 108 Å². The fourth-order valence-corrected chi connectivity index (χ4v) is 3.46. The van der Waals surface area contributed by atoms with E-state index in [0.717, 1.165) is 12.8 Å². The number of nitrogens with two attached hydrogens (primary N) is 1. The van der Waals surface area contributed by atoms with Gasteiger partial charge in [0.1, 0.15) is 5.82 Å². The average Bonchev–Trinajstić information content (AvgIpc) is 3.06. The van der Waals surface area contributed by atoms with Crippen LogP contribution >= 0.6 is 0 Å². The van der Waals surface area contributed by atoms with E-state index in [1.54, 1.807) is 7.05 Å². The number of rotatable bonds is 6. The van der Waals surface area contributed by atoms with Crippen LogP contribution in [0.15, 0.2) is 11.2 Å². The van der Waals surface area contributed by atoms with Crippen molar-refractivity contribution in [3.05, 3.63) is 12.0 Å². The molecule has 0 radical (unpaired) electrons. The van der Waals surface area contributed by atoms with Gasteiger partial charge in [-0.05, 0) is 18.8 Å². The van der Waals surface area contributed by atoms with Crippen LogP contribution in [0.2, 0.25) is 0 Å². The SMILES string of the molecule is CCc1ncc(S(=O)(=O)N(C)C(CN)C2CC2)[nH]1. The molecule has 6 nitrogen and oxygen atoms in total. The van der Waals surface area contributed by atoms with Gasteiger partial charge in [-0.1, -0.05) is 6.92 Å². The number of aryl methyl sites for hydroxylation is 1. The number of hydrogen-bond donors (Lipinski definition) is 2. The van der Waals surface area contributed by atoms with Gasteiger partial charge in [-0.2, -0.15) is 4.31 Å². The molecule has 102 valence electrons. The Kier molecular flexibility index (Phi) is 3.74. The molecule has 1 aromatic heterocycles. The summed E-state index contributed by atoms with van der Waals surface area (Å²) in [5, 5.41) is 0.154. The zero-order valence-corrected chi connectivity index (χ0v) is 11.6. The summed E-state index contributed by atoms with van der Waals surface area (Å²) in [4.78, 5) is 6.88. The molecule has 0 spiro atoms. The summed E-state index contributed by atoms with van der Waals surface area (Å²) in [5.41, 5.74) is 5.69. The summed E-state index contributed by atoms with van der Waals surface area (Å²) in [7, 11) is -1.91. The van der Waals surface area contributed by atoms with Crippen molar-refractivity contribution in [2.75, 3.05) is 13.6 Å². The standard InChI is InChI=1S/C11H20N4O2S/c1-3-10-13-7-11(14-10)18(16,17)15(2)9(6-12)8-4-5-8/h7-9H,3-6,12H2,1-2H3,(H,13,14). The lowest BCUT2D eigenvalue weighted by molar-refractivity contribution is 0.339. The van der Waals surface area contributed by atoms with Crippen molar-refractivity contribution in [1.29, 1.82) is 0 Å². The molecule has 1 fully saturated rings. The highest BCUT2D eigenvalue weighted by Gasteiger charge is 2.38. The summed E-state index contributed by atoms with van der Waals surface area (Å²) in [5.74, 6) is 1.08. The zero-order valence-electron chi connectivity index (χ0n) is 10.8. The molecular formula is C11H20N4O2S. The second-order valence-electron chi connectivity index (χ2n) is 4.71. The number of nitrogens with one attached hydrogen (secondary N) is 1. The third kappa shape index (κ3) is 2.43. The summed E-state index contributed by atoms with van der Waals surface area (Å²) in [6.07, 6.45) is 4.18. The van der Waals surface area contributed by atoms with Crippen LogP contribution in [-0.2, 0) is 16.4 Å². The molecule has 3 N–H and O–H groups in total. The van der Waals surface area contributed by atoms with Gasteiger partial charge in [0.05, 0.1) is 6.20 Å². The molecule has 1 aromatic rings. The second kappa shape index (κ2) is 4.99. The number of aromatic nitrogens is 2. The number of imidazole rings is 1. The monoisotopic (exact) mass is 272 g/mol. The highest BCUT2D eigenvalue weighted by atomic mass is 32.2. The Bertz CT molecular complexity index is 507. The van der Waals surface area contributed by atoms with Crippen LogP contribution in [-0.4, -0.2) is 42.3 Å². The van der Waals surface area contributed by atoms with Crippen LogP contribution in [0.5, 0.6) is 0 Å². The van der Waals surface area contributed by atoms with E-state index in [2.05, 4.69) is 9.97 Å². The molecule has 7 heteroatoms. The highest BCUT2D eigenvalue weighted by Crippen LogP contribution is 2.36. The van der Waals surface area contributed by atoms with E-state index in [1.165, 1.54) is 10.5 Å². The zero-order chi connectivity index (χ0) is 13.3. The van der Waals surface area contributed by atoms with E-state index in [0.29, 0.717) is 24.7 Å². The van der Waals surface area contributed by atoms with Gasteiger partial charge < -0.3 is 10.7 Å². The Morgan fingerprint density at radius 1 is 1.61 bits per heavy atom. The largest absolute Gasteiger partial charge is 0.332 e. The Balaban J connectivity index is 2.23. The summed E-state index contributed by atoms with van der Waals surface area (Å²) < 4.78 is 26.2. The van der Waals surface area contributed by atoms with Crippen molar-refractivity contribution in [2.45, 2.75) is 37.3 Å². The van der Waals surface area contributed by atoms with Gasteiger partial charge in [0, 0.05) is 26.1 Å². The topological polar surface area (TPSA) is 92.1 Å². The molecule has 0 saturated heterocycles. The van der Waals surface area contributed by atoms with Crippen molar-refractivity contribution in [3.8, 4) is 0 Å². The molecule has 2 rings (SSSR count). The van der Waals surface area contributed by atoms with Gasteiger partial charge in [0.25, 0.3) is 10.0 Å². The van der Waals surface area contributed by atoms with Gasteiger partial charge in [-0.15, -0.1) is 0 Å². The number of aromatic amines is 1. The lowest BCUT2D eigenvalue weighted by Gasteiger charge is -2.25. The predicted octanol–water partition coefficient (Wildman–Crippen LogP) is 0.330. The first-order valence-electron chi connectivity index (χ1n) is 6.22. The number of sulfonamides is 1. The Hall–Kier alpha value is -0.920. The van der Waals surface area contributed by atoms with Crippen LogP contribution < -0.4 is 5.73 Å². The van der Waals surface area contributed by atoms with Gasteiger partial charge in [0.15, 0.2) is 5.03 Å². The lowest BCUT2D eigenvalue weighted by Crippen LogP contribution is -2.43. The van der Waals surface area contributed by atoms with E-state index in [-0.39, 0.29) is 11.1 Å². The van der Waals surface area contributed by atoms with Crippen molar-refractivity contribution in [3.63, 3.8) is 0 Å². The molecule has 1 saturated carbocycles. The first kappa shape index (κ1) is 13.5. The summed E-state index contributed by atoms with van der Waals surface area (Å²) in [6, 6.07) is -0.108. The number of nitrogens with zero attached hydrogens (tertiary/aromatic N) is 2. The molecule has 0 aromatic carbocycles. The number of hydrogen-bond acceptors (Lipinski definition) is 4. The van der Waals surface area contributed by atoms with E-state index in [4.69, 9.17) is 5.73 Å². The molecule has 0 aliphatic heterocycles. The maximum atomic E-state index is 12.4. The number of H-pyrrole nitrogens is 1. The Morgan fingerprint density at radius 2 is 2.28 bits per heavy atom. The first-order valence-corrected chi connectivity index (χ1v) is 7.66. The summed E-state index contributed by atoms with van der Waals surface area (Å²) in [6.45, 7) is 2.28. The van der Waals surface area contributed by atoms with Gasteiger partial charge >= 0.3 is 0 Å². The Morgan fingerprint density at radius 3 is 2.72 bits per heavy atom. The van der Waals surface area contributed by atoms with Crippen molar-refractivity contribution in [1.82, 2.24) is 14.3 Å². The third-order valence-corrected chi connectivity index (χ3v) is 5.26. The molecular weight excluding hydrogens is 252 g/mol. The third-order valence-electron chi connectivity index (χ3n) is 3.47. The quantitative estimate of drug-likeness (QED) is 0.780. The molecule has 1 atom stereocenters. The van der Waals surface area contributed by atoms with E-state index >= 15 is 0 Å².